The van der Waals surface area contributed by atoms with Crippen molar-refractivity contribution in [2.45, 2.75) is 16.7 Å². The van der Waals surface area contributed by atoms with Crippen molar-refractivity contribution in [2.24, 2.45) is 0 Å². The number of hydrogen-bond donors (Lipinski definition) is 2. The zero-order chi connectivity index (χ0) is 29.9. The monoisotopic (exact) mass is 649 g/mol. The molecule has 11 heteroatoms. The third kappa shape index (κ3) is 8.78. The number of carboxylic acid groups (broad SMARTS) is 2. The predicted molar refractivity (Wildman–Crippen MR) is 180 cm³/mol. The van der Waals surface area contributed by atoms with Crippen LogP contribution in [0.1, 0.15) is 10.6 Å². The van der Waals surface area contributed by atoms with Gasteiger partial charge in [-0.15, -0.1) is 11.8 Å². The molecule has 0 spiro atoms. The number of fused-ring (bicyclic) bond motifs is 2. The highest BCUT2D eigenvalue weighted by atomic mass is 32.2. The second-order valence-corrected chi connectivity index (χ2v) is 13.0. The van der Waals surface area contributed by atoms with Gasteiger partial charge in [-0.2, -0.15) is 0 Å². The van der Waals surface area contributed by atoms with Crippen LogP contribution in [0.4, 0.5) is 5.69 Å². The molecule has 0 bridgehead atoms. The molecule has 1 aliphatic heterocycles. The van der Waals surface area contributed by atoms with Crippen LogP contribution in [-0.2, 0) is 9.59 Å². The number of hydrogen-bond acceptors (Lipinski definition) is 8. The average Bonchev–Trinajstić information content (AvgIpc) is 3.48. The van der Waals surface area contributed by atoms with Crippen LogP contribution in [0.2, 0.25) is 0 Å². The summed E-state index contributed by atoms with van der Waals surface area (Å²) in [6.07, 6.45) is 15.7. The lowest BCUT2D eigenvalue weighted by atomic mass is 10.2. The molecule has 2 aromatic carbocycles. The van der Waals surface area contributed by atoms with E-state index in [2.05, 4.69) is 59.0 Å². The van der Waals surface area contributed by atoms with Gasteiger partial charge in [0.2, 0.25) is 11.6 Å². The van der Waals surface area contributed by atoms with Gasteiger partial charge < -0.3 is 10.2 Å². The summed E-state index contributed by atoms with van der Waals surface area (Å²) in [7, 11) is 0. The van der Waals surface area contributed by atoms with Crippen molar-refractivity contribution in [2.75, 3.05) is 22.7 Å². The van der Waals surface area contributed by atoms with E-state index in [1.807, 2.05) is 65.2 Å². The van der Waals surface area contributed by atoms with Crippen LogP contribution in [0.25, 0.3) is 16.3 Å². The summed E-state index contributed by atoms with van der Waals surface area (Å²) in [5, 5.41) is 25.5. The number of anilines is 1. The third-order valence-corrected chi connectivity index (χ3v) is 9.57. The van der Waals surface area contributed by atoms with Gasteiger partial charge in [0.1, 0.15) is 16.2 Å². The van der Waals surface area contributed by atoms with E-state index >= 15 is 0 Å². The van der Waals surface area contributed by atoms with Gasteiger partial charge in [0.15, 0.2) is 0 Å². The third-order valence-electron chi connectivity index (χ3n) is 5.40. The summed E-state index contributed by atoms with van der Waals surface area (Å²) in [5.74, 6) is -1.92. The first-order valence-electron chi connectivity index (χ1n) is 12.4. The van der Waals surface area contributed by atoms with Crippen LogP contribution in [0.3, 0.4) is 0 Å². The number of allylic oxidation sites excluding steroid dienone is 6. The largest absolute Gasteiger partial charge is 0.481 e. The van der Waals surface area contributed by atoms with Gasteiger partial charge in [0.25, 0.3) is 5.01 Å². The predicted octanol–water partition coefficient (Wildman–Crippen LogP) is 7.12. The van der Waals surface area contributed by atoms with Crippen molar-refractivity contribution in [3.8, 4) is 22.6 Å². The van der Waals surface area contributed by atoms with Crippen molar-refractivity contribution < 1.29 is 24.4 Å². The molecule has 2 N–H and O–H groups in total. The molecular weight excluding hydrogens is 625 g/mol. The van der Waals surface area contributed by atoms with Gasteiger partial charge in [0.05, 0.1) is 10.7 Å². The van der Waals surface area contributed by atoms with E-state index in [4.69, 9.17) is 10.2 Å². The molecule has 0 unspecified atom stereocenters. The van der Waals surface area contributed by atoms with Gasteiger partial charge >= 0.3 is 11.9 Å². The van der Waals surface area contributed by atoms with E-state index in [0.29, 0.717) is 0 Å². The quantitative estimate of drug-likeness (QED) is 0.109. The summed E-state index contributed by atoms with van der Waals surface area (Å²) in [5.41, 5.74) is 3.11. The van der Waals surface area contributed by atoms with Crippen molar-refractivity contribution >= 4 is 92.3 Å². The maximum Gasteiger partial charge on any atom is 0.314 e. The first-order valence-corrected chi connectivity index (χ1v) is 17.2. The van der Waals surface area contributed by atoms with Crippen LogP contribution >= 0.6 is 58.4 Å². The maximum atomic E-state index is 10.8. The van der Waals surface area contributed by atoms with Gasteiger partial charge in [-0.25, -0.2) is 0 Å². The Morgan fingerprint density at radius 2 is 1.71 bits per heavy atom. The Morgan fingerprint density at radius 3 is 2.48 bits per heavy atom. The number of rotatable bonds is 9. The Bertz CT molecular complexity index is 1750. The van der Waals surface area contributed by atoms with Crippen molar-refractivity contribution in [3.63, 3.8) is 0 Å². The fraction of sp³-hybridized carbons (Fsp3) is 0.129. The SMILES string of the molecule is CSc1ccc2sc(/C=C/C=C/C=C/C=C3\Sc4ccc(C)cc4N3C#CSCC(=O)O)[n+](C#CSCC(=O)O)c2c1. The van der Waals surface area contributed by atoms with E-state index < -0.39 is 11.9 Å². The Labute approximate surface area is 265 Å². The minimum absolute atomic E-state index is 0.0669. The highest BCUT2D eigenvalue weighted by molar-refractivity contribution is 8.04. The number of aromatic nitrogens is 1. The minimum atomic E-state index is -0.894. The van der Waals surface area contributed by atoms with Crippen LogP contribution in [0.5, 0.6) is 0 Å². The molecule has 1 aromatic heterocycles. The Balaban J connectivity index is 1.48. The smallest absolute Gasteiger partial charge is 0.314 e. The van der Waals surface area contributed by atoms with E-state index in [1.54, 1.807) is 34.9 Å². The molecule has 212 valence electrons. The van der Waals surface area contributed by atoms with Crippen molar-refractivity contribution in [1.29, 1.82) is 0 Å². The molecule has 0 fully saturated rings. The standard InChI is InChI=1S/C31H24N2O4S5/c1-22-10-12-26-24(18-22)32(14-16-39-20-30(34)35)28(41-26)8-6-4-3-5-7-9-29-33(15-17-40-21-31(36)37)25-19-23(38-2)11-13-27(25)42-29/h3-13,18-19H,20-21H2,1-2H3,(H-,34,35,36,37)/p+1. The molecule has 42 heavy (non-hydrogen) atoms. The molecule has 0 aliphatic carbocycles. The van der Waals surface area contributed by atoms with Gasteiger partial charge in [0, 0.05) is 33.2 Å². The number of aryl methyl sites for hydroxylation is 1. The zero-order valence-electron chi connectivity index (χ0n) is 22.6. The maximum absolute atomic E-state index is 10.8. The summed E-state index contributed by atoms with van der Waals surface area (Å²) in [4.78, 5) is 25.8. The first kappa shape index (κ1) is 31.5. The topological polar surface area (TPSA) is 81.7 Å². The number of nitrogens with zero attached hydrogens (tertiary/aromatic N) is 2. The van der Waals surface area contributed by atoms with Gasteiger partial charge in [-0.05, 0) is 54.3 Å². The molecule has 2 heterocycles. The average molecular weight is 650 g/mol. The fourth-order valence-electron chi connectivity index (χ4n) is 3.60. The minimum Gasteiger partial charge on any atom is -0.481 e. The Kier molecular flexibility index (Phi) is 11.8. The zero-order valence-corrected chi connectivity index (χ0v) is 26.6. The molecule has 6 nitrogen and oxygen atoms in total. The summed E-state index contributed by atoms with van der Waals surface area (Å²) < 4.78 is 3.00. The second kappa shape index (κ2) is 15.7. The van der Waals surface area contributed by atoms with Crippen LogP contribution in [0.15, 0.2) is 87.7 Å². The highest BCUT2D eigenvalue weighted by Crippen LogP contribution is 2.46. The van der Waals surface area contributed by atoms with Gasteiger partial charge in [-0.3, -0.25) is 14.5 Å². The van der Waals surface area contributed by atoms with E-state index in [1.165, 1.54) is 0 Å². The Hall–Kier alpha value is -3.45. The van der Waals surface area contributed by atoms with Gasteiger partial charge in [-0.1, -0.05) is 87.6 Å². The number of carboxylic acids is 2. The molecule has 0 atom stereocenters. The molecule has 1 aliphatic rings. The molecule has 0 saturated heterocycles. The molecule has 0 saturated carbocycles. The van der Waals surface area contributed by atoms with E-state index in [9.17, 15) is 9.59 Å². The molecule has 4 rings (SSSR count). The van der Waals surface area contributed by atoms with Crippen molar-refractivity contribution in [3.05, 3.63) is 88.5 Å². The number of aliphatic carboxylic acids is 2. The van der Waals surface area contributed by atoms with Crippen LogP contribution < -0.4 is 9.47 Å². The summed E-state index contributed by atoms with van der Waals surface area (Å²) in [6, 6.07) is 18.6. The molecular formula is C31H25N2O4S5+. The van der Waals surface area contributed by atoms with Crippen LogP contribution in [0, 0.1) is 29.5 Å². The summed E-state index contributed by atoms with van der Waals surface area (Å²) in [6.45, 7) is 2.03. The normalized spacial score (nSPS) is 13.6. The summed E-state index contributed by atoms with van der Waals surface area (Å²) >= 11 is 7.03. The lowest BCUT2D eigenvalue weighted by Crippen LogP contribution is -2.29. The van der Waals surface area contributed by atoms with Crippen LogP contribution in [-0.4, -0.2) is 39.9 Å². The highest BCUT2D eigenvalue weighted by Gasteiger charge is 2.24. The number of carbonyl (C=O) groups is 2. The lowest BCUT2D eigenvalue weighted by molar-refractivity contribution is -0.551. The lowest BCUT2D eigenvalue weighted by Gasteiger charge is -2.11. The van der Waals surface area contributed by atoms with E-state index in [-0.39, 0.29) is 11.5 Å². The number of benzene rings is 2. The van der Waals surface area contributed by atoms with E-state index in [0.717, 1.165) is 64.8 Å². The first-order chi connectivity index (χ1) is 20.4. The van der Waals surface area contributed by atoms with Crippen molar-refractivity contribution in [1.82, 2.24) is 0 Å². The number of thiazole rings is 1. The molecule has 3 aromatic rings. The number of thioether (sulfide) groups is 4. The molecule has 0 amide bonds. The molecule has 0 radical (unpaired) electrons. The second-order valence-electron chi connectivity index (χ2n) is 8.44. The Morgan fingerprint density at radius 1 is 0.976 bits per heavy atom. The fourth-order valence-corrected chi connectivity index (χ4v) is 6.73.